The fraction of sp³-hybridized carbons (Fsp3) is 0.500. The molecule has 0 saturated heterocycles. The highest BCUT2D eigenvalue weighted by atomic mass is 15.1. The Kier molecular flexibility index (Phi) is 2.92. The van der Waals surface area contributed by atoms with E-state index in [1.165, 1.54) is 19.3 Å². The second kappa shape index (κ2) is 4.71. The van der Waals surface area contributed by atoms with Crippen molar-refractivity contribution in [2.24, 2.45) is 0 Å². The number of nitrogens with zero attached hydrogens (tertiary/aromatic N) is 3. The van der Waals surface area contributed by atoms with Crippen molar-refractivity contribution in [2.45, 2.75) is 37.9 Å². The molecule has 5 nitrogen and oxygen atoms in total. The molecule has 0 aliphatic heterocycles. The summed E-state index contributed by atoms with van der Waals surface area (Å²) in [5.74, 6) is 0. The average Bonchev–Trinajstić information content (AvgIpc) is 3.09. The number of nitrogens with one attached hydrogen (secondary N) is 2. The minimum atomic E-state index is 0.535. The summed E-state index contributed by atoms with van der Waals surface area (Å²) in [6.45, 7) is 0.857. The normalized spacial score (nSPS) is 24.2. The standard InChI is InChI=1S/C12H17N5/c1-2-11(15-7-10-6-14-8-16-10)12(3-1)17-5-4-13-9-17/h4-6,8-9,11-12,15H,1-3,7H2,(H,14,16). The molecule has 0 radical (unpaired) electrons. The Morgan fingerprint density at radius 2 is 2.41 bits per heavy atom. The molecule has 2 atom stereocenters. The smallest absolute Gasteiger partial charge is 0.0949 e. The lowest BCUT2D eigenvalue weighted by Gasteiger charge is -2.21. The topological polar surface area (TPSA) is 58.5 Å². The maximum Gasteiger partial charge on any atom is 0.0949 e. The molecule has 5 heteroatoms. The number of hydrogen-bond acceptors (Lipinski definition) is 3. The van der Waals surface area contributed by atoms with Gasteiger partial charge in [-0.2, -0.15) is 0 Å². The third kappa shape index (κ3) is 2.24. The van der Waals surface area contributed by atoms with Crippen LogP contribution in [0.1, 0.15) is 31.0 Å². The van der Waals surface area contributed by atoms with E-state index in [1.807, 2.05) is 18.7 Å². The Morgan fingerprint density at radius 3 is 3.18 bits per heavy atom. The monoisotopic (exact) mass is 231 g/mol. The molecule has 2 N–H and O–H groups in total. The third-order valence-electron chi connectivity index (χ3n) is 3.50. The summed E-state index contributed by atoms with van der Waals surface area (Å²) in [7, 11) is 0. The van der Waals surface area contributed by atoms with E-state index in [0.29, 0.717) is 12.1 Å². The van der Waals surface area contributed by atoms with E-state index >= 15 is 0 Å². The molecule has 0 amide bonds. The molecule has 3 rings (SSSR count). The molecule has 0 spiro atoms. The van der Waals surface area contributed by atoms with Gasteiger partial charge in [-0.25, -0.2) is 9.97 Å². The van der Waals surface area contributed by atoms with E-state index in [-0.39, 0.29) is 0 Å². The van der Waals surface area contributed by atoms with Crippen LogP contribution in [0.5, 0.6) is 0 Å². The second-order valence-electron chi connectivity index (χ2n) is 4.57. The summed E-state index contributed by atoms with van der Waals surface area (Å²) in [6, 6.07) is 1.08. The van der Waals surface area contributed by atoms with Crippen molar-refractivity contribution < 1.29 is 0 Å². The van der Waals surface area contributed by atoms with Crippen molar-refractivity contribution in [1.29, 1.82) is 0 Å². The van der Waals surface area contributed by atoms with E-state index in [9.17, 15) is 0 Å². The zero-order valence-corrected chi connectivity index (χ0v) is 9.71. The van der Waals surface area contributed by atoms with E-state index in [4.69, 9.17) is 0 Å². The lowest BCUT2D eigenvalue weighted by atomic mass is 10.1. The molecule has 0 aromatic carbocycles. The van der Waals surface area contributed by atoms with Crippen LogP contribution in [0, 0.1) is 0 Å². The molecule has 0 bridgehead atoms. The molecule has 2 unspecified atom stereocenters. The van der Waals surface area contributed by atoms with Crippen molar-refractivity contribution in [2.75, 3.05) is 0 Å². The van der Waals surface area contributed by atoms with Gasteiger partial charge in [0.25, 0.3) is 0 Å². The first-order chi connectivity index (χ1) is 8.43. The number of hydrogen-bond donors (Lipinski definition) is 2. The van der Waals surface area contributed by atoms with E-state index in [0.717, 1.165) is 12.2 Å². The fourth-order valence-corrected chi connectivity index (χ4v) is 2.62. The summed E-state index contributed by atoms with van der Waals surface area (Å²) in [6.07, 6.45) is 13.2. The van der Waals surface area contributed by atoms with Crippen LogP contribution < -0.4 is 5.32 Å². The summed E-state index contributed by atoms with van der Waals surface area (Å²) < 4.78 is 2.22. The second-order valence-corrected chi connectivity index (χ2v) is 4.57. The predicted molar refractivity (Wildman–Crippen MR) is 64.3 cm³/mol. The lowest BCUT2D eigenvalue weighted by molar-refractivity contribution is 0.389. The largest absolute Gasteiger partial charge is 0.347 e. The maximum atomic E-state index is 4.13. The molecular formula is C12H17N5. The van der Waals surface area contributed by atoms with Gasteiger partial charge in [0.1, 0.15) is 0 Å². The third-order valence-corrected chi connectivity index (χ3v) is 3.50. The molecule has 2 aromatic rings. The van der Waals surface area contributed by atoms with Crippen molar-refractivity contribution in [3.63, 3.8) is 0 Å². The van der Waals surface area contributed by atoms with E-state index in [2.05, 4.69) is 31.0 Å². The van der Waals surface area contributed by atoms with Gasteiger partial charge in [-0.1, -0.05) is 0 Å². The quantitative estimate of drug-likeness (QED) is 0.838. The molecule has 2 heterocycles. The van der Waals surface area contributed by atoms with Gasteiger partial charge < -0.3 is 14.9 Å². The van der Waals surface area contributed by atoms with E-state index in [1.54, 1.807) is 6.33 Å². The van der Waals surface area contributed by atoms with Crippen LogP contribution in [0.3, 0.4) is 0 Å². The van der Waals surface area contributed by atoms with Crippen LogP contribution in [0.2, 0.25) is 0 Å². The molecule has 90 valence electrons. The van der Waals surface area contributed by atoms with Crippen LogP contribution in [0.25, 0.3) is 0 Å². The molecule has 17 heavy (non-hydrogen) atoms. The minimum absolute atomic E-state index is 0.535. The fourth-order valence-electron chi connectivity index (χ4n) is 2.62. The minimum Gasteiger partial charge on any atom is -0.347 e. The summed E-state index contributed by atoms with van der Waals surface area (Å²) in [5.41, 5.74) is 1.14. The number of H-pyrrole nitrogens is 1. The molecule has 1 aliphatic rings. The summed E-state index contributed by atoms with van der Waals surface area (Å²) in [4.78, 5) is 11.3. The zero-order chi connectivity index (χ0) is 11.5. The van der Waals surface area contributed by atoms with Crippen molar-refractivity contribution >= 4 is 0 Å². The van der Waals surface area contributed by atoms with Crippen molar-refractivity contribution in [3.05, 3.63) is 36.9 Å². The SMILES string of the molecule is c1cn(C2CCCC2NCc2cnc[nH]2)cn1. The van der Waals surface area contributed by atoms with Gasteiger partial charge in [-0.3, -0.25) is 0 Å². The van der Waals surface area contributed by atoms with Crippen LogP contribution in [-0.2, 0) is 6.54 Å². The first-order valence-corrected chi connectivity index (χ1v) is 6.11. The summed E-state index contributed by atoms with van der Waals surface area (Å²) >= 11 is 0. The molecule has 1 fully saturated rings. The van der Waals surface area contributed by atoms with Gasteiger partial charge in [0.05, 0.1) is 12.7 Å². The number of aromatic amines is 1. The van der Waals surface area contributed by atoms with Gasteiger partial charge in [-0.15, -0.1) is 0 Å². The van der Waals surface area contributed by atoms with Gasteiger partial charge >= 0.3 is 0 Å². The van der Waals surface area contributed by atoms with Gasteiger partial charge in [0.15, 0.2) is 0 Å². The first kappa shape index (κ1) is 10.5. The van der Waals surface area contributed by atoms with Crippen LogP contribution in [-0.4, -0.2) is 25.6 Å². The highest BCUT2D eigenvalue weighted by Crippen LogP contribution is 2.29. The number of rotatable bonds is 4. The molecule has 1 aliphatic carbocycles. The Labute approximate surface area is 100 Å². The van der Waals surface area contributed by atoms with Crippen LogP contribution in [0.4, 0.5) is 0 Å². The van der Waals surface area contributed by atoms with Gasteiger partial charge in [-0.05, 0) is 19.3 Å². The Bertz CT molecular complexity index is 433. The Morgan fingerprint density at radius 1 is 1.41 bits per heavy atom. The highest BCUT2D eigenvalue weighted by molar-refractivity contribution is 4.97. The lowest BCUT2D eigenvalue weighted by Crippen LogP contribution is -2.33. The zero-order valence-electron chi connectivity index (χ0n) is 9.71. The van der Waals surface area contributed by atoms with Gasteiger partial charge in [0.2, 0.25) is 0 Å². The number of aromatic nitrogens is 4. The first-order valence-electron chi connectivity index (χ1n) is 6.11. The molecular weight excluding hydrogens is 214 g/mol. The van der Waals surface area contributed by atoms with Crippen LogP contribution >= 0.6 is 0 Å². The highest BCUT2D eigenvalue weighted by Gasteiger charge is 2.27. The van der Waals surface area contributed by atoms with Crippen molar-refractivity contribution in [1.82, 2.24) is 24.8 Å². The van der Waals surface area contributed by atoms with Gasteiger partial charge in [0, 0.05) is 42.9 Å². The van der Waals surface area contributed by atoms with E-state index < -0.39 is 0 Å². The van der Waals surface area contributed by atoms with Crippen LogP contribution in [0.15, 0.2) is 31.2 Å². The van der Waals surface area contributed by atoms with Crippen molar-refractivity contribution in [3.8, 4) is 0 Å². The Balaban J connectivity index is 1.62. The molecule has 2 aromatic heterocycles. The average molecular weight is 231 g/mol. The predicted octanol–water partition coefficient (Wildman–Crippen LogP) is 1.49. The maximum absolute atomic E-state index is 4.13. The Hall–Kier alpha value is -1.62. The molecule has 1 saturated carbocycles. The number of imidazole rings is 2. The summed E-state index contributed by atoms with van der Waals surface area (Å²) in [5, 5.41) is 3.60.